The Bertz CT molecular complexity index is 791. The van der Waals surface area contributed by atoms with Gasteiger partial charge in [-0.25, -0.2) is 0 Å². The highest BCUT2D eigenvalue weighted by Gasteiger charge is 2.31. The summed E-state index contributed by atoms with van der Waals surface area (Å²) in [4.78, 5) is 27.7. The molecule has 122 valence electrons. The Morgan fingerprint density at radius 3 is 2.65 bits per heavy atom. The number of hydrogen-bond donors (Lipinski definition) is 0. The summed E-state index contributed by atoms with van der Waals surface area (Å²) < 4.78 is 1.61. The van der Waals surface area contributed by atoms with E-state index in [1.165, 1.54) is 22.5 Å². The van der Waals surface area contributed by atoms with Crippen molar-refractivity contribution >= 4 is 17.2 Å². The van der Waals surface area contributed by atoms with Crippen LogP contribution in [0, 0.1) is 20.8 Å². The molecule has 1 aromatic heterocycles. The van der Waals surface area contributed by atoms with Crippen molar-refractivity contribution in [3.05, 3.63) is 55.6 Å². The van der Waals surface area contributed by atoms with E-state index >= 15 is 0 Å². The van der Waals surface area contributed by atoms with E-state index in [2.05, 4.69) is 19.1 Å². The standard InChI is InChI=1S/C18H22N2O2S/c1-12-7-4-5-8-15(12)16-9-6-10-19(16)17(21)11-20-13(2)14(3)23-18(20)22/h4-5,7-8,16H,6,9-11H2,1-3H3. The largest absolute Gasteiger partial charge is 0.334 e. The first-order valence-corrected chi connectivity index (χ1v) is 8.82. The molecular formula is C18H22N2O2S. The minimum absolute atomic E-state index is 0.0405. The summed E-state index contributed by atoms with van der Waals surface area (Å²) in [5, 5.41) is 0. The van der Waals surface area contributed by atoms with Crippen LogP contribution >= 0.6 is 11.3 Å². The molecule has 0 saturated carbocycles. The van der Waals surface area contributed by atoms with Crippen LogP contribution in [-0.2, 0) is 11.3 Å². The zero-order chi connectivity index (χ0) is 16.6. The predicted octanol–water partition coefficient (Wildman–Crippen LogP) is 3.20. The Labute approximate surface area is 140 Å². The molecule has 1 aliphatic heterocycles. The van der Waals surface area contributed by atoms with E-state index in [4.69, 9.17) is 0 Å². The number of thiazole rings is 1. The summed E-state index contributed by atoms with van der Waals surface area (Å²) in [7, 11) is 0. The van der Waals surface area contributed by atoms with Crippen molar-refractivity contribution in [3.8, 4) is 0 Å². The number of carbonyl (C=O) groups is 1. The molecule has 0 bridgehead atoms. The van der Waals surface area contributed by atoms with E-state index in [-0.39, 0.29) is 23.4 Å². The molecule has 2 heterocycles. The van der Waals surface area contributed by atoms with Gasteiger partial charge in [-0.1, -0.05) is 35.6 Å². The number of nitrogens with zero attached hydrogens (tertiary/aromatic N) is 2. The van der Waals surface area contributed by atoms with Crippen LogP contribution in [0.25, 0.3) is 0 Å². The van der Waals surface area contributed by atoms with Crippen LogP contribution < -0.4 is 4.87 Å². The Kier molecular flexibility index (Phi) is 4.39. The maximum absolute atomic E-state index is 12.8. The molecular weight excluding hydrogens is 308 g/mol. The van der Waals surface area contributed by atoms with Crippen LogP contribution in [-0.4, -0.2) is 21.9 Å². The molecule has 1 unspecified atom stereocenters. The average Bonchev–Trinajstić information content (AvgIpc) is 3.09. The van der Waals surface area contributed by atoms with Crippen LogP contribution in [0.3, 0.4) is 0 Å². The molecule has 1 aromatic carbocycles. The third kappa shape index (κ3) is 2.98. The molecule has 23 heavy (non-hydrogen) atoms. The number of amides is 1. The molecule has 2 aromatic rings. The van der Waals surface area contributed by atoms with Gasteiger partial charge in [-0.05, 0) is 44.7 Å². The molecule has 0 aliphatic carbocycles. The minimum atomic E-state index is -0.0417. The van der Waals surface area contributed by atoms with Gasteiger partial charge in [0.25, 0.3) is 0 Å². The lowest BCUT2D eigenvalue weighted by atomic mass is 9.99. The number of aromatic nitrogens is 1. The van der Waals surface area contributed by atoms with Crippen molar-refractivity contribution in [2.45, 2.75) is 46.2 Å². The lowest BCUT2D eigenvalue weighted by Gasteiger charge is -2.26. The van der Waals surface area contributed by atoms with Crippen LogP contribution in [0.4, 0.5) is 0 Å². The third-order valence-corrected chi connectivity index (χ3v) is 5.79. The van der Waals surface area contributed by atoms with E-state index in [1.54, 1.807) is 4.57 Å². The maximum atomic E-state index is 12.8. The van der Waals surface area contributed by atoms with E-state index in [0.29, 0.717) is 0 Å². The monoisotopic (exact) mass is 330 g/mol. The molecule has 4 nitrogen and oxygen atoms in total. The second kappa shape index (κ2) is 6.32. The van der Waals surface area contributed by atoms with E-state index in [0.717, 1.165) is 30.0 Å². The van der Waals surface area contributed by atoms with Crippen molar-refractivity contribution in [2.75, 3.05) is 6.54 Å². The number of hydrogen-bond acceptors (Lipinski definition) is 3. The highest BCUT2D eigenvalue weighted by molar-refractivity contribution is 7.09. The lowest BCUT2D eigenvalue weighted by Crippen LogP contribution is -2.35. The molecule has 0 radical (unpaired) electrons. The number of likely N-dealkylation sites (tertiary alicyclic amines) is 1. The van der Waals surface area contributed by atoms with Crippen LogP contribution in [0.5, 0.6) is 0 Å². The van der Waals surface area contributed by atoms with Gasteiger partial charge in [-0.15, -0.1) is 0 Å². The quantitative estimate of drug-likeness (QED) is 0.867. The number of carbonyl (C=O) groups excluding carboxylic acids is 1. The highest BCUT2D eigenvalue weighted by Crippen LogP contribution is 2.33. The molecule has 1 saturated heterocycles. The van der Waals surface area contributed by atoms with Crippen LogP contribution in [0.15, 0.2) is 29.1 Å². The first kappa shape index (κ1) is 16.0. The Morgan fingerprint density at radius 1 is 1.26 bits per heavy atom. The highest BCUT2D eigenvalue weighted by atomic mass is 32.1. The van der Waals surface area contributed by atoms with Gasteiger partial charge in [0.05, 0.1) is 6.04 Å². The van der Waals surface area contributed by atoms with Gasteiger partial charge in [0.1, 0.15) is 6.54 Å². The lowest BCUT2D eigenvalue weighted by molar-refractivity contribution is -0.132. The second-order valence-electron chi connectivity index (χ2n) is 6.20. The smallest absolute Gasteiger partial charge is 0.308 e. The third-order valence-electron chi connectivity index (χ3n) is 4.79. The van der Waals surface area contributed by atoms with Gasteiger partial charge >= 0.3 is 4.87 Å². The van der Waals surface area contributed by atoms with Gasteiger partial charge < -0.3 is 4.90 Å². The molecule has 3 rings (SSSR count). The van der Waals surface area contributed by atoms with Gasteiger partial charge in [-0.2, -0.15) is 0 Å². The summed E-state index contributed by atoms with van der Waals surface area (Å²) in [5.74, 6) is 0.0405. The number of rotatable bonds is 3. The first-order valence-electron chi connectivity index (χ1n) is 8.01. The van der Waals surface area contributed by atoms with Gasteiger partial charge in [0.2, 0.25) is 5.91 Å². The van der Waals surface area contributed by atoms with Crippen LogP contribution in [0.1, 0.15) is 40.6 Å². The summed E-state index contributed by atoms with van der Waals surface area (Å²) >= 11 is 1.22. The average molecular weight is 330 g/mol. The molecule has 1 fully saturated rings. The summed E-state index contributed by atoms with van der Waals surface area (Å²) in [6.45, 7) is 6.84. The zero-order valence-corrected chi connectivity index (χ0v) is 14.7. The fraction of sp³-hybridized carbons (Fsp3) is 0.444. The Hall–Kier alpha value is -1.88. The number of aryl methyl sites for hydroxylation is 2. The summed E-state index contributed by atoms with van der Waals surface area (Å²) in [5.41, 5.74) is 3.35. The van der Waals surface area contributed by atoms with Gasteiger partial charge in [0.15, 0.2) is 0 Å². The van der Waals surface area contributed by atoms with Crippen molar-refractivity contribution in [2.24, 2.45) is 0 Å². The van der Waals surface area contributed by atoms with Crippen molar-refractivity contribution in [1.82, 2.24) is 9.47 Å². The second-order valence-corrected chi connectivity index (χ2v) is 7.36. The van der Waals surface area contributed by atoms with Crippen LogP contribution in [0.2, 0.25) is 0 Å². The fourth-order valence-corrected chi connectivity index (χ4v) is 4.18. The molecule has 1 amide bonds. The normalized spacial score (nSPS) is 17.7. The predicted molar refractivity (Wildman–Crippen MR) is 92.9 cm³/mol. The topological polar surface area (TPSA) is 42.3 Å². The minimum Gasteiger partial charge on any atom is -0.334 e. The van der Waals surface area contributed by atoms with E-state index in [1.807, 2.05) is 30.9 Å². The summed E-state index contributed by atoms with van der Waals surface area (Å²) in [6.07, 6.45) is 2.01. The Balaban J connectivity index is 1.84. The van der Waals surface area contributed by atoms with Gasteiger partial charge in [-0.3, -0.25) is 14.2 Å². The molecule has 5 heteroatoms. The molecule has 1 aliphatic rings. The maximum Gasteiger partial charge on any atom is 0.308 e. The van der Waals surface area contributed by atoms with Gasteiger partial charge in [0, 0.05) is 17.1 Å². The number of benzene rings is 1. The Morgan fingerprint density at radius 2 is 2.00 bits per heavy atom. The van der Waals surface area contributed by atoms with E-state index < -0.39 is 0 Å². The van der Waals surface area contributed by atoms with E-state index in [9.17, 15) is 9.59 Å². The molecule has 0 spiro atoms. The SMILES string of the molecule is Cc1ccccc1C1CCCN1C(=O)Cn1c(C)c(C)sc1=O. The zero-order valence-electron chi connectivity index (χ0n) is 13.8. The summed E-state index contributed by atoms with van der Waals surface area (Å²) in [6, 6.07) is 8.39. The van der Waals surface area contributed by atoms with Crippen molar-refractivity contribution < 1.29 is 4.79 Å². The molecule has 0 N–H and O–H groups in total. The molecule has 1 atom stereocenters. The van der Waals surface area contributed by atoms with Crippen molar-refractivity contribution in [1.29, 1.82) is 0 Å². The fourth-order valence-electron chi connectivity index (χ4n) is 3.35. The van der Waals surface area contributed by atoms with Crippen molar-refractivity contribution in [3.63, 3.8) is 0 Å². The first-order chi connectivity index (χ1) is 11.0.